The molecule has 0 radical (unpaired) electrons. The molecule has 0 spiro atoms. The minimum atomic E-state index is -2.67. The SMILES string of the molecule is C[C@H](C(=O)O[C@H](C(=O)COCCOCCOCCOCCOCCO[Si](c1ccccc1)(c1ccccc1)C(C)(C)C)[C@H](OC(=O)[C@@H](C)[C@H]1CC[C@H]2[C@@H]3CC[C@H]4CC(=O)CC[C@]4(C)[C@H]3CC[C@]12C)C(=O)COCCOCCOCCOCCOCCO[Si](c1ccccc1)(c1ccccc1)C(C)(C)C)[C@H]1CC[C@H]2[C@@H]3CC[C@H]4CC(=O)CC[C@]4(C)[C@H]3CC[C@]12C. The zero-order chi connectivity index (χ0) is 88.2. The van der Waals surface area contributed by atoms with Gasteiger partial charge in [-0.1, -0.05) is 204 Å². The van der Waals surface area contributed by atoms with Crippen LogP contribution in [0.2, 0.25) is 10.1 Å². The Hall–Kier alpha value is -5.55. The third-order valence-electron chi connectivity index (χ3n) is 31.8. The van der Waals surface area contributed by atoms with E-state index in [0.29, 0.717) is 164 Å². The molecule has 8 fully saturated rings. The Balaban J connectivity index is 0.638. The molecule has 4 aromatic carbocycles. The molecule has 0 saturated heterocycles. The molecule has 8 aliphatic rings. The van der Waals surface area contributed by atoms with E-state index in [4.69, 9.17) is 65.7 Å². The maximum absolute atomic E-state index is 15.4. The molecule has 4 aromatic rings. The third kappa shape index (κ3) is 22.5. The van der Waals surface area contributed by atoms with Crippen molar-refractivity contribution in [3.63, 3.8) is 0 Å². The number of ketones is 4. The smallest absolute Gasteiger partial charge is 0.309 e. The molecule has 18 atom stereocenters. The van der Waals surface area contributed by atoms with E-state index < -0.39 is 77.4 Å². The molecule has 8 saturated carbocycles. The highest BCUT2D eigenvalue weighted by atomic mass is 28.4. The highest BCUT2D eigenvalue weighted by Crippen LogP contribution is 2.70. The predicted molar refractivity (Wildman–Crippen MR) is 484 cm³/mol. The van der Waals surface area contributed by atoms with E-state index in [1.54, 1.807) is 0 Å². The number of fused-ring (bicyclic) bond motifs is 10. The van der Waals surface area contributed by atoms with Crippen molar-refractivity contribution in [2.24, 2.45) is 92.7 Å². The number of Topliss-reactive ketones (excluding diaryl/α,β-unsaturated/α-hetero) is 4. The summed E-state index contributed by atoms with van der Waals surface area (Å²) in [6.45, 7) is 31.9. The molecule has 8 aliphatic carbocycles. The number of hydrogen-bond donors (Lipinski definition) is 0. The van der Waals surface area contributed by atoms with Crippen LogP contribution in [0.5, 0.6) is 0 Å². The van der Waals surface area contributed by atoms with Crippen molar-refractivity contribution >= 4 is 72.5 Å². The molecule has 0 aliphatic heterocycles. The Kier molecular flexibility index (Phi) is 35.3. The van der Waals surface area contributed by atoms with Gasteiger partial charge in [0.1, 0.15) is 24.8 Å². The zero-order valence-corrected chi connectivity index (χ0v) is 79.1. The number of esters is 2. The standard InChI is InChI=1S/C102H150O20Si2/c1-73(85-37-39-87-83-35-33-75-69-77(103)41-45-99(75,9)89(83)43-47-101(85,87)11)95(107)121-93(91(105)71-117-63-61-113-55-53-109-49-51-111-57-59-115-65-67-119-123(97(3,4)5,79-25-17-13-18-26-79)80-27-19-14-20-28-80)94(122-96(108)74(2)86-38-40-88-84-36-34-76-70-78(104)42-46-100(76,10)90(84)44-48-102(86,88)12)92(106)72-118-64-62-114-56-54-110-50-52-112-58-60-116-66-68-120-124(98(6,7)8,81-29-21-15-22-30-81)82-31-23-16-24-32-82/h13-32,73-76,83-90,93-94H,33-72H2,1-12H3/t73-,74-,75-,76-,83-,84-,85+,86+,87-,88-,89-,90-,93+,94+,99-,100-,101+,102+/m0/s1. The lowest BCUT2D eigenvalue weighted by Crippen LogP contribution is -2.66. The summed E-state index contributed by atoms with van der Waals surface area (Å²) in [5, 5.41) is 4.63. The van der Waals surface area contributed by atoms with Crippen LogP contribution in [0.15, 0.2) is 121 Å². The van der Waals surface area contributed by atoms with Crippen LogP contribution in [-0.4, -0.2) is 209 Å². The topological polar surface area (TPSA) is 232 Å². The lowest BCUT2D eigenvalue weighted by Gasteiger charge is -2.60. The van der Waals surface area contributed by atoms with Gasteiger partial charge in [0.15, 0.2) is 0 Å². The van der Waals surface area contributed by atoms with Gasteiger partial charge in [-0.3, -0.25) is 28.8 Å². The number of rotatable bonds is 49. The van der Waals surface area contributed by atoms with E-state index in [2.05, 4.69) is 166 Å². The number of benzene rings is 4. The third-order valence-corrected chi connectivity index (χ3v) is 41.9. The normalized spacial score (nSPS) is 28.5. The molecule has 0 amide bonds. The summed E-state index contributed by atoms with van der Waals surface area (Å²) in [6, 6.07) is 42.3. The number of carbonyl (C=O) groups excluding carboxylic acids is 6. The maximum atomic E-state index is 15.4. The first kappa shape index (κ1) is 97.5. The van der Waals surface area contributed by atoms with Crippen LogP contribution in [0.4, 0.5) is 0 Å². The van der Waals surface area contributed by atoms with Gasteiger partial charge < -0.3 is 65.7 Å². The van der Waals surface area contributed by atoms with E-state index in [0.717, 1.165) is 89.9 Å². The lowest BCUT2D eigenvalue weighted by atomic mass is 9.44. The molecule has 22 heteroatoms. The summed E-state index contributed by atoms with van der Waals surface area (Å²) < 4.78 is 86.2. The van der Waals surface area contributed by atoms with Gasteiger partial charge in [0.2, 0.25) is 23.8 Å². The van der Waals surface area contributed by atoms with Gasteiger partial charge in [0.25, 0.3) is 16.6 Å². The van der Waals surface area contributed by atoms with Gasteiger partial charge >= 0.3 is 11.9 Å². The fourth-order valence-corrected chi connectivity index (χ4v) is 34.6. The van der Waals surface area contributed by atoms with E-state index in [9.17, 15) is 9.59 Å². The van der Waals surface area contributed by atoms with Crippen molar-refractivity contribution < 1.29 is 94.5 Å². The summed E-state index contributed by atoms with van der Waals surface area (Å²) in [5.41, 5.74) is -0.133. The van der Waals surface area contributed by atoms with Crippen molar-refractivity contribution in [2.75, 3.05) is 145 Å². The van der Waals surface area contributed by atoms with Gasteiger partial charge in [0, 0.05) is 25.7 Å². The molecule has 0 unspecified atom stereocenters. The first-order valence-corrected chi connectivity index (χ1v) is 51.2. The average Bonchev–Trinajstić information content (AvgIpc) is 1.50. The van der Waals surface area contributed by atoms with E-state index in [-0.39, 0.29) is 96.4 Å². The van der Waals surface area contributed by atoms with Gasteiger partial charge in [-0.25, -0.2) is 0 Å². The molecular weight excluding hydrogens is 1600 g/mol. The summed E-state index contributed by atoms with van der Waals surface area (Å²) in [7, 11) is -5.33. The first-order chi connectivity index (χ1) is 59.6. The number of hydrogen-bond acceptors (Lipinski definition) is 20. The quantitative estimate of drug-likeness (QED) is 0.0227. The molecule has 0 aromatic heterocycles. The Labute approximate surface area is 743 Å². The molecule has 0 bridgehead atoms. The monoisotopic (exact) mass is 1750 g/mol. The second-order valence-electron chi connectivity index (χ2n) is 40.5. The van der Waals surface area contributed by atoms with Crippen LogP contribution in [0.25, 0.3) is 0 Å². The van der Waals surface area contributed by atoms with E-state index >= 15 is 19.2 Å². The Morgan fingerprint density at radius 2 is 0.605 bits per heavy atom. The number of ether oxygens (including phenoxy) is 12. The summed E-state index contributed by atoms with van der Waals surface area (Å²) in [6.07, 6.45) is 12.6. The summed E-state index contributed by atoms with van der Waals surface area (Å²) >= 11 is 0. The van der Waals surface area contributed by atoms with E-state index in [1.165, 1.54) is 20.7 Å². The molecule has 124 heavy (non-hydrogen) atoms. The van der Waals surface area contributed by atoms with Crippen molar-refractivity contribution in [2.45, 2.75) is 221 Å². The molecule has 0 N–H and O–H groups in total. The fraction of sp³-hybridized carbons (Fsp3) is 0.706. The number of carbonyl (C=O) groups is 6. The van der Waals surface area contributed by atoms with Crippen LogP contribution in [-0.2, 0) is 94.5 Å². The van der Waals surface area contributed by atoms with Crippen LogP contribution in [0, 0.1) is 92.7 Å². The van der Waals surface area contributed by atoms with Crippen molar-refractivity contribution in [3.05, 3.63) is 121 Å². The maximum Gasteiger partial charge on any atom is 0.309 e. The molecule has 0 heterocycles. The minimum Gasteiger partial charge on any atom is -0.449 e. The summed E-state index contributed by atoms with van der Waals surface area (Å²) in [5.74, 6) is 0.243. The average molecular weight is 1750 g/mol. The minimum absolute atomic E-state index is 0.00794. The second-order valence-corrected chi connectivity index (χ2v) is 49.1. The van der Waals surface area contributed by atoms with Gasteiger partial charge in [0.05, 0.1) is 144 Å². The van der Waals surface area contributed by atoms with Crippen molar-refractivity contribution in [1.29, 1.82) is 0 Å². The summed E-state index contributed by atoms with van der Waals surface area (Å²) in [4.78, 5) is 86.8. The van der Waals surface area contributed by atoms with Crippen molar-refractivity contribution in [1.82, 2.24) is 0 Å². The molecule has 12 rings (SSSR count). The molecule has 20 nitrogen and oxygen atoms in total. The van der Waals surface area contributed by atoms with Crippen LogP contribution in [0.3, 0.4) is 0 Å². The van der Waals surface area contributed by atoms with Gasteiger partial charge in [-0.15, -0.1) is 0 Å². The highest BCUT2D eigenvalue weighted by molar-refractivity contribution is 7.00. The van der Waals surface area contributed by atoms with Crippen LogP contribution < -0.4 is 20.7 Å². The zero-order valence-electron chi connectivity index (χ0n) is 77.1. The second kappa shape index (κ2) is 44.9. The Morgan fingerprint density at radius 1 is 0.339 bits per heavy atom. The lowest BCUT2D eigenvalue weighted by molar-refractivity contribution is -0.185. The first-order valence-electron chi connectivity index (χ1n) is 47.4. The largest absolute Gasteiger partial charge is 0.449 e. The van der Waals surface area contributed by atoms with Gasteiger partial charge in [-0.05, 0) is 202 Å². The van der Waals surface area contributed by atoms with Crippen LogP contribution >= 0.6 is 0 Å². The van der Waals surface area contributed by atoms with Crippen molar-refractivity contribution in [3.8, 4) is 0 Å². The van der Waals surface area contributed by atoms with Gasteiger partial charge in [-0.2, -0.15) is 0 Å². The Morgan fingerprint density at radius 3 is 0.887 bits per heavy atom. The fourth-order valence-electron chi connectivity index (χ4n) is 25.5. The predicted octanol–water partition coefficient (Wildman–Crippen LogP) is 15.0. The molecule has 686 valence electrons. The molecular formula is C102H150O20Si2. The highest BCUT2D eigenvalue weighted by Gasteiger charge is 2.64. The Bertz CT molecular complexity index is 3670. The van der Waals surface area contributed by atoms with E-state index in [1.807, 2.05) is 38.1 Å². The van der Waals surface area contributed by atoms with Crippen LogP contribution in [0.1, 0.15) is 199 Å².